The standard InChI is InChI=1S/C22H21N3O3/c1-3-15-4-6-17(7-5-15)24-21(26)16-12-13-23-20(14-16)22(27)25-18-8-10-19(28-2)11-9-18/h4-14H,3H2,1-2H3,(H,24,26)(H,25,27). The van der Waals surface area contributed by atoms with Gasteiger partial charge < -0.3 is 15.4 Å². The van der Waals surface area contributed by atoms with Crippen molar-refractivity contribution >= 4 is 23.2 Å². The molecule has 0 aliphatic carbocycles. The van der Waals surface area contributed by atoms with E-state index in [1.165, 1.54) is 17.8 Å². The van der Waals surface area contributed by atoms with Crippen molar-refractivity contribution in [3.8, 4) is 5.75 Å². The molecular weight excluding hydrogens is 354 g/mol. The Morgan fingerprint density at radius 1 is 0.893 bits per heavy atom. The minimum atomic E-state index is -0.396. The summed E-state index contributed by atoms with van der Waals surface area (Å²) in [6.45, 7) is 2.07. The summed E-state index contributed by atoms with van der Waals surface area (Å²) >= 11 is 0. The van der Waals surface area contributed by atoms with Crippen molar-refractivity contribution in [3.63, 3.8) is 0 Å². The van der Waals surface area contributed by atoms with Gasteiger partial charge in [0.1, 0.15) is 11.4 Å². The number of aromatic nitrogens is 1. The molecule has 0 aliphatic rings. The van der Waals surface area contributed by atoms with Gasteiger partial charge in [-0.25, -0.2) is 0 Å². The number of amides is 2. The molecule has 3 rings (SSSR count). The van der Waals surface area contributed by atoms with Crippen molar-refractivity contribution in [3.05, 3.63) is 83.7 Å². The van der Waals surface area contributed by atoms with Gasteiger partial charge in [-0.3, -0.25) is 14.6 Å². The van der Waals surface area contributed by atoms with Crippen molar-refractivity contribution < 1.29 is 14.3 Å². The fraction of sp³-hybridized carbons (Fsp3) is 0.136. The molecule has 6 nitrogen and oxygen atoms in total. The Bertz CT molecular complexity index is 890. The summed E-state index contributed by atoms with van der Waals surface area (Å²) in [5, 5.41) is 5.58. The van der Waals surface area contributed by atoms with Gasteiger partial charge in [0.25, 0.3) is 11.8 Å². The number of hydrogen-bond acceptors (Lipinski definition) is 4. The number of ether oxygens (including phenoxy) is 1. The lowest BCUT2D eigenvalue weighted by molar-refractivity contribution is 0.102. The molecule has 0 unspecified atom stereocenters. The van der Waals surface area contributed by atoms with E-state index in [9.17, 15) is 9.59 Å². The highest BCUT2D eigenvalue weighted by Crippen LogP contribution is 2.16. The molecule has 28 heavy (non-hydrogen) atoms. The van der Waals surface area contributed by atoms with Gasteiger partial charge in [-0.1, -0.05) is 19.1 Å². The summed E-state index contributed by atoms with van der Waals surface area (Å²) in [6, 6.07) is 17.6. The molecule has 2 amide bonds. The number of aryl methyl sites for hydroxylation is 1. The van der Waals surface area contributed by atoms with Crippen LogP contribution in [0.2, 0.25) is 0 Å². The van der Waals surface area contributed by atoms with E-state index in [2.05, 4.69) is 22.5 Å². The summed E-state index contributed by atoms with van der Waals surface area (Å²) < 4.78 is 5.09. The minimum Gasteiger partial charge on any atom is -0.497 e. The van der Waals surface area contributed by atoms with Gasteiger partial charge in [-0.05, 0) is 60.5 Å². The Balaban J connectivity index is 1.69. The van der Waals surface area contributed by atoms with Crippen molar-refractivity contribution in [2.24, 2.45) is 0 Å². The molecule has 142 valence electrons. The van der Waals surface area contributed by atoms with Crippen LogP contribution >= 0.6 is 0 Å². The number of carbonyl (C=O) groups is 2. The van der Waals surface area contributed by atoms with Crippen LogP contribution in [0.1, 0.15) is 33.3 Å². The van der Waals surface area contributed by atoms with E-state index in [1.54, 1.807) is 37.4 Å². The lowest BCUT2D eigenvalue weighted by Gasteiger charge is -2.08. The molecule has 6 heteroatoms. The maximum Gasteiger partial charge on any atom is 0.274 e. The van der Waals surface area contributed by atoms with Gasteiger partial charge in [0.15, 0.2) is 0 Å². The predicted octanol–water partition coefficient (Wildman–Crippen LogP) is 4.16. The van der Waals surface area contributed by atoms with Gasteiger partial charge in [0.05, 0.1) is 7.11 Å². The molecule has 0 saturated carbocycles. The molecule has 3 aromatic rings. The van der Waals surface area contributed by atoms with E-state index in [0.29, 0.717) is 22.7 Å². The quantitative estimate of drug-likeness (QED) is 0.678. The van der Waals surface area contributed by atoms with Gasteiger partial charge in [0, 0.05) is 23.1 Å². The van der Waals surface area contributed by atoms with Crippen LogP contribution < -0.4 is 15.4 Å². The number of anilines is 2. The topological polar surface area (TPSA) is 80.3 Å². The number of methoxy groups -OCH3 is 1. The molecule has 0 saturated heterocycles. The van der Waals surface area contributed by atoms with E-state index in [0.717, 1.165) is 6.42 Å². The molecule has 0 spiro atoms. The summed E-state index contributed by atoms with van der Waals surface area (Å²) in [7, 11) is 1.58. The summed E-state index contributed by atoms with van der Waals surface area (Å²) in [5.74, 6) is -0.000904. The first-order valence-corrected chi connectivity index (χ1v) is 8.91. The van der Waals surface area contributed by atoms with Crippen LogP contribution in [0, 0.1) is 0 Å². The Morgan fingerprint density at radius 2 is 1.50 bits per heavy atom. The van der Waals surface area contributed by atoms with Gasteiger partial charge >= 0.3 is 0 Å². The third kappa shape index (κ3) is 4.73. The summed E-state index contributed by atoms with van der Waals surface area (Å²) in [5.41, 5.74) is 3.01. The van der Waals surface area contributed by atoms with Gasteiger partial charge in [-0.15, -0.1) is 0 Å². The second-order valence-electron chi connectivity index (χ2n) is 6.12. The third-order valence-corrected chi connectivity index (χ3v) is 4.22. The Kier molecular flexibility index (Phi) is 6.01. The van der Waals surface area contributed by atoms with Crippen molar-refractivity contribution in [2.45, 2.75) is 13.3 Å². The van der Waals surface area contributed by atoms with E-state index in [1.807, 2.05) is 24.3 Å². The normalized spacial score (nSPS) is 10.2. The number of hydrogen-bond donors (Lipinski definition) is 2. The fourth-order valence-electron chi connectivity index (χ4n) is 2.59. The number of carbonyl (C=O) groups excluding carboxylic acids is 2. The second-order valence-corrected chi connectivity index (χ2v) is 6.12. The number of nitrogens with one attached hydrogen (secondary N) is 2. The van der Waals surface area contributed by atoms with E-state index >= 15 is 0 Å². The molecule has 0 fully saturated rings. The van der Waals surface area contributed by atoms with E-state index in [4.69, 9.17) is 4.74 Å². The molecule has 2 N–H and O–H groups in total. The molecule has 1 aromatic heterocycles. The van der Waals surface area contributed by atoms with Crippen LogP contribution in [0.25, 0.3) is 0 Å². The Labute approximate surface area is 163 Å². The first-order chi connectivity index (χ1) is 13.6. The molecule has 2 aromatic carbocycles. The lowest BCUT2D eigenvalue weighted by atomic mass is 10.1. The monoisotopic (exact) mass is 375 g/mol. The van der Waals surface area contributed by atoms with Crippen LogP contribution in [-0.2, 0) is 6.42 Å². The zero-order chi connectivity index (χ0) is 19.9. The van der Waals surface area contributed by atoms with E-state index in [-0.39, 0.29) is 11.6 Å². The maximum absolute atomic E-state index is 12.5. The summed E-state index contributed by atoms with van der Waals surface area (Å²) in [4.78, 5) is 29.0. The van der Waals surface area contributed by atoms with Gasteiger partial charge in [0.2, 0.25) is 0 Å². The van der Waals surface area contributed by atoms with Crippen molar-refractivity contribution in [2.75, 3.05) is 17.7 Å². The van der Waals surface area contributed by atoms with Crippen LogP contribution in [-0.4, -0.2) is 23.9 Å². The predicted molar refractivity (Wildman–Crippen MR) is 109 cm³/mol. The molecule has 1 heterocycles. The van der Waals surface area contributed by atoms with Crippen molar-refractivity contribution in [1.29, 1.82) is 0 Å². The third-order valence-electron chi connectivity index (χ3n) is 4.22. The maximum atomic E-state index is 12.5. The molecular formula is C22H21N3O3. The fourth-order valence-corrected chi connectivity index (χ4v) is 2.59. The van der Waals surface area contributed by atoms with Crippen LogP contribution in [0.5, 0.6) is 5.75 Å². The number of pyridine rings is 1. The highest BCUT2D eigenvalue weighted by atomic mass is 16.5. The van der Waals surface area contributed by atoms with Crippen LogP contribution in [0.3, 0.4) is 0 Å². The highest BCUT2D eigenvalue weighted by Gasteiger charge is 2.12. The lowest BCUT2D eigenvalue weighted by Crippen LogP contribution is -2.17. The molecule has 0 radical (unpaired) electrons. The first kappa shape index (κ1) is 19.1. The number of rotatable bonds is 6. The SMILES string of the molecule is CCc1ccc(NC(=O)c2ccnc(C(=O)Nc3ccc(OC)cc3)c2)cc1. The largest absolute Gasteiger partial charge is 0.497 e. The van der Waals surface area contributed by atoms with Gasteiger partial charge in [-0.2, -0.15) is 0 Å². The average molecular weight is 375 g/mol. The second kappa shape index (κ2) is 8.81. The Morgan fingerprint density at radius 3 is 2.11 bits per heavy atom. The van der Waals surface area contributed by atoms with Crippen LogP contribution in [0.4, 0.5) is 11.4 Å². The molecule has 0 atom stereocenters. The first-order valence-electron chi connectivity index (χ1n) is 8.91. The molecule has 0 bridgehead atoms. The van der Waals surface area contributed by atoms with Crippen LogP contribution in [0.15, 0.2) is 66.9 Å². The summed E-state index contributed by atoms with van der Waals surface area (Å²) in [6.07, 6.45) is 2.38. The number of nitrogens with zero attached hydrogens (tertiary/aromatic N) is 1. The average Bonchev–Trinajstić information content (AvgIpc) is 2.75. The minimum absolute atomic E-state index is 0.157. The number of benzene rings is 2. The van der Waals surface area contributed by atoms with Crippen molar-refractivity contribution in [1.82, 2.24) is 4.98 Å². The Hall–Kier alpha value is -3.67. The smallest absolute Gasteiger partial charge is 0.274 e. The zero-order valence-electron chi connectivity index (χ0n) is 15.7. The van der Waals surface area contributed by atoms with E-state index < -0.39 is 5.91 Å². The zero-order valence-corrected chi connectivity index (χ0v) is 15.7. The molecule has 0 aliphatic heterocycles. The highest BCUT2D eigenvalue weighted by molar-refractivity contribution is 6.07.